The number of rotatable bonds is 2. The van der Waals surface area contributed by atoms with Gasteiger partial charge in [-0.3, -0.25) is 4.79 Å². The number of halogens is 1. The molecule has 0 bridgehead atoms. The first-order valence-corrected chi connectivity index (χ1v) is 9.69. The molecule has 1 fully saturated rings. The lowest BCUT2D eigenvalue weighted by molar-refractivity contribution is 0.0663. The molecular weight excluding hydrogens is 357 g/mol. The van der Waals surface area contributed by atoms with Gasteiger partial charge < -0.3 is 15.1 Å². The van der Waals surface area contributed by atoms with Gasteiger partial charge in [0, 0.05) is 37.8 Å². The van der Waals surface area contributed by atoms with Gasteiger partial charge in [-0.2, -0.15) is 0 Å². The highest BCUT2D eigenvalue weighted by Gasteiger charge is 2.28. The number of fused-ring (bicyclic) bond motifs is 1. The lowest BCUT2D eigenvalue weighted by Gasteiger charge is -2.35. The molecule has 5 nitrogen and oxygen atoms in total. The van der Waals surface area contributed by atoms with Gasteiger partial charge in [-0.1, -0.05) is 30.3 Å². The number of nitrogens with zero attached hydrogens (tertiary/aromatic N) is 2. The van der Waals surface area contributed by atoms with Crippen molar-refractivity contribution in [3.8, 4) is 0 Å². The molecule has 0 radical (unpaired) electrons. The first-order chi connectivity index (χ1) is 13.5. The Morgan fingerprint density at radius 2 is 1.57 bits per heavy atom. The van der Waals surface area contributed by atoms with E-state index < -0.39 is 0 Å². The van der Waals surface area contributed by atoms with Crippen LogP contribution in [0.5, 0.6) is 0 Å². The summed E-state index contributed by atoms with van der Waals surface area (Å²) in [4.78, 5) is 28.6. The highest BCUT2D eigenvalue weighted by atomic mass is 19.1. The van der Waals surface area contributed by atoms with Crippen molar-refractivity contribution in [1.29, 1.82) is 0 Å². The van der Waals surface area contributed by atoms with Gasteiger partial charge in [0.2, 0.25) is 0 Å². The zero-order valence-electron chi connectivity index (χ0n) is 16.0. The molecule has 6 heteroatoms. The van der Waals surface area contributed by atoms with Crippen LogP contribution in [0.15, 0.2) is 42.5 Å². The second kappa shape index (κ2) is 7.62. The number of urea groups is 1. The number of hydrogen-bond donors (Lipinski definition) is 1. The predicted octanol–water partition coefficient (Wildman–Crippen LogP) is 2.77. The Balaban J connectivity index is 1.30. The SMILES string of the molecule is Cc1ccc(C(=O)N2CCN(C(=O)NC3Cc4ccccc4C3)CC2)cc1F. The first kappa shape index (κ1) is 18.5. The quantitative estimate of drug-likeness (QED) is 0.870. The summed E-state index contributed by atoms with van der Waals surface area (Å²) < 4.78 is 13.7. The molecule has 1 aliphatic carbocycles. The van der Waals surface area contributed by atoms with E-state index in [-0.39, 0.29) is 23.8 Å². The third-order valence-electron chi connectivity index (χ3n) is 5.65. The molecule has 28 heavy (non-hydrogen) atoms. The van der Waals surface area contributed by atoms with Crippen LogP contribution in [-0.4, -0.2) is 54.0 Å². The molecule has 0 spiro atoms. The molecule has 146 valence electrons. The van der Waals surface area contributed by atoms with E-state index in [0.29, 0.717) is 37.3 Å². The fraction of sp³-hybridized carbons (Fsp3) is 0.364. The Morgan fingerprint density at radius 3 is 2.18 bits per heavy atom. The third kappa shape index (κ3) is 3.72. The maximum absolute atomic E-state index is 13.7. The van der Waals surface area contributed by atoms with Crippen molar-refractivity contribution in [1.82, 2.24) is 15.1 Å². The fourth-order valence-corrected chi connectivity index (χ4v) is 3.95. The number of nitrogens with one attached hydrogen (secondary N) is 1. The van der Waals surface area contributed by atoms with Gasteiger partial charge in [0.1, 0.15) is 5.82 Å². The minimum Gasteiger partial charge on any atom is -0.335 e. The van der Waals surface area contributed by atoms with Crippen LogP contribution in [-0.2, 0) is 12.8 Å². The number of hydrogen-bond acceptors (Lipinski definition) is 2. The summed E-state index contributed by atoms with van der Waals surface area (Å²) in [6.45, 7) is 3.53. The predicted molar refractivity (Wildman–Crippen MR) is 105 cm³/mol. The van der Waals surface area contributed by atoms with Gasteiger partial charge in [0.25, 0.3) is 5.91 Å². The molecule has 0 atom stereocenters. The second-order valence-corrected chi connectivity index (χ2v) is 7.57. The van der Waals surface area contributed by atoms with Crippen LogP contribution in [0.1, 0.15) is 27.0 Å². The molecule has 1 aliphatic heterocycles. The molecule has 0 unspecified atom stereocenters. The first-order valence-electron chi connectivity index (χ1n) is 9.69. The van der Waals surface area contributed by atoms with Crippen LogP contribution < -0.4 is 5.32 Å². The summed E-state index contributed by atoms with van der Waals surface area (Å²) in [6, 6.07) is 12.9. The van der Waals surface area contributed by atoms with Crippen molar-refractivity contribution in [2.45, 2.75) is 25.8 Å². The number of benzene rings is 2. The van der Waals surface area contributed by atoms with E-state index in [0.717, 1.165) is 12.8 Å². The molecule has 2 aromatic carbocycles. The Labute approximate surface area is 164 Å². The minimum absolute atomic E-state index is 0.0775. The van der Waals surface area contributed by atoms with Crippen LogP contribution in [0.4, 0.5) is 9.18 Å². The lowest BCUT2D eigenvalue weighted by Crippen LogP contribution is -2.54. The molecular formula is C22H24FN3O2. The molecule has 4 rings (SSSR count). The summed E-state index contributed by atoms with van der Waals surface area (Å²) in [6.07, 6.45) is 1.72. The number of piperazine rings is 1. The van der Waals surface area contributed by atoms with Crippen molar-refractivity contribution in [2.24, 2.45) is 0 Å². The molecule has 2 aliphatic rings. The van der Waals surface area contributed by atoms with E-state index in [4.69, 9.17) is 0 Å². The van der Waals surface area contributed by atoms with Gasteiger partial charge in [-0.05, 0) is 48.6 Å². The second-order valence-electron chi connectivity index (χ2n) is 7.57. The van der Waals surface area contributed by atoms with E-state index in [1.54, 1.807) is 28.9 Å². The van der Waals surface area contributed by atoms with Crippen LogP contribution >= 0.6 is 0 Å². The average molecular weight is 381 g/mol. The number of amides is 3. The van der Waals surface area contributed by atoms with E-state index in [1.165, 1.54) is 17.2 Å². The summed E-state index contributed by atoms with van der Waals surface area (Å²) in [7, 11) is 0. The number of aryl methyl sites for hydroxylation is 1. The number of carbonyl (C=O) groups excluding carboxylic acids is 2. The van der Waals surface area contributed by atoms with Gasteiger partial charge in [0.05, 0.1) is 0 Å². The Kier molecular flexibility index (Phi) is 5.03. The van der Waals surface area contributed by atoms with E-state index in [2.05, 4.69) is 17.4 Å². The lowest BCUT2D eigenvalue weighted by atomic mass is 10.1. The largest absolute Gasteiger partial charge is 0.335 e. The zero-order chi connectivity index (χ0) is 19.7. The molecule has 3 amide bonds. The van der Waals surface area contributed by atoms with E-state index >= 15 is 0 Å². The Morgan fingerprint density at radius 1 is 0.964 bits per heavy atom. The van der Waals surface area contributed by atoms with Gasteiger partial charge in [-0.25, -0.2) is 9.18 Å². The van der Waals surface area contributed by atoms with Crippen molar-refractivity contribution in [2.75, 3.05) is 26.2 Å². The number of carbonyl (C=O) groups is 2. The van der Waals surface area contributed by atoms with E-state index in [9.17, 15) is 14.0 Å². The van der Waals surface area contributed by atoms with Gasteiger partial charge in [-0.15, -0.1) is 0 Å². The van der Waals surface area contributed by atoms with Crippen molar-refractivity contribution < 1.29 is 14.0 Å². The molecule has 2 aromatic rings. The monoisotopic (exact) mass is 381 g/mol. The maximum atomic E-state index is 13.7. The van der Waals surface area contributed by atoms with E-state index in [1.807, 2.05) is 12.1 Å². The standard InChI is InChI=1S/C22H24FN3O2/c1-15-6-7-18(14-20(15)23)21(27)25-8-10-26(11-9-25)22(28)24-19-12-16-4-2-3-5-17(16)13-19/h2-7,14,19H,8-13H2,1H3,(H,24,28). The van der Waals surface area contributed by atoms with Crippen LogP contribution in [0.3, 0.4) is 0 Å². The Hall–Kier alpha value is -2.89. The molecule has 1 N–H and O–H groups in total. The smallest absolute Gasteiger partial charge is 0.317 e. The normalized spacial score (nSPS) is 16.8. The summed E-state index contributed by atoms with van der Waals surface area (Å²) in [5.74, 6) is -0.563. The minimum atomic E-state index is -0.374. The van der Waals surface area contributed by atoms with Crippen LogP contribution in [0.2, 0.25) is 0 Å². The van der Waals surface area contributed by atoms with Gasteiger partial charge in [0.15, 0.2) is 0 Å². The fourth-order valence-electron chi connectivity index (χ4n) is 3.95. The van der Waals surface area contributed by atoms with Crippen LogP contribution in [0, 0.1) is 12.7 Å². The van der Waals surface area contributed by atoms with Crippen molar-refractivity contribution in [3.05, 3.63) is 70.5 Å². The average Bonchev–Trinajstić information content (AvgIpc) is 3.12. The molecule has 0 saturated carbocycles. The summed E-state index contributed by atoms with van der Waals surface area (Å²) in [5, 5.41) is 3.12. The van der Waals surface area contributed by atoms with Gasteiger partial charge >= 0.3 is 6.03 Å². The highest BCUT2D eigenvalue weighted by Crippen LogP contribution is 2.22. The van der Waals surface area contributed by atoms with Crippen molar-refractivity contribution >= 4 is 11.9 Å². The molecule has 1 heterocycles. The summed E-state index contributed by atoms with van der Waals surface area (Å²) >= 11 is 0. The summed E-state index contributed by atoms with van der Waals surface area (Å²) in [5.41, 5.74) is 3.47. The van der Waals surface area contributed by atoms with Crippen LogP contribution in [0.25, 0.3) is 0 Å². The Bertz CT molecular complexity index is 881. The third-order valence-corrected chi connectivity index (χ3v) is 5.65. The molecule has 1 saturated heterocycles. The maximum Gasteiger partial charge on any atom is 0.317 e. The topological polar surface area (TPSA) is 52.7 Å². The van der Waals surface area contributed by atoms with Crippen molar-refractivity contribution in [3.63, 3.8) is 0 Å². The highest BCUT2D eigenvalue weighted by molar-refractivity contribution is 5.94. The molecule has 0 aromatic heterocycles. The zero-order valence-corrected chi connectivity index (χ0v) is 16.0.